The third-order valence-electron chi connectivity index (χ3n) is 2.88. The topological polar surface area (TPSA) is 65.2 Å². The van der Waals surface area contributed by atoms with Crippen LogP contribution in [-0.2, 0) is 14.9 Å². The first-order valence-electron chi connectivity index (χ1n) is 5.55. The van der Waals surface area contributed by atoms with Crippen molar-refractivity contribution in [2.24, 2.45) is 0 Å². The van der Waals surface area contributed by atoms with Gasteiger partial charge in [0.2, 0.25) is 0 Å². The van der Waals surface area contributed by atoms with E-state index in [4.69, 9.17) is 10.5 Å². The van der Waals surface area contributed by atoms with Gasteiger partial charge < -0.3 is 10.5 Å². The van der Waals surface area contributed by atoms with Gasteiger partial charge in [-0.15, -0.1) is 0 Å². The predicted molar refractivity (Wildman–Crippen MR) is 70.6 cm³/mol. The Labute approximate surface area is 110 Å². The summed E-state index contributed by atoms with van der Waals surface area (Å²) >= 11 is 3.27. The number of anilines is 1. The van der Waals surface area contributed by atoms with E-state index < -0.39 is 5.41 Å². The van der Waals surface area contributed by atoms with Crippen molar-refractivity contribution >= 4 is 27.6 Å². The molecule has 1 unspecified atom stereocenters. The molecular formula is C12H17BrN2O2. The van der Waals surface area contributed by atoms with Gasteiger partial charge in [0.25, 0.3) is 0 Å². The Morgan fingerprint density at radius 2 is 2.18 bits per heavy atom. The molecule has 0 saturated heterocycles. The number of aromatic nitrogens is 1. The molecule has 0 spiro atoms. The standard InChI is InChI=1S/C12H17BrN2O2/c1-4-12(3,11(16)17-5-2)9-7-6-8(14)10(13)15-9/h6-7H,4-5,14H2,1-3H3. The van der Waals surface area contributed by atoms with E-state index in [0.717, 1.165) is 0 Å². The highest BCUT2D eigenvalue weighted by atomic mass is 79.9. The number of rotatable bonds is 4. The van der Waals surface area contributed by atoms with Crippen molar-refractivity contribution in [3.8, 4) is 0 Å². The van der Waals surface area contributed by atoms with E-state index in [-0.39, 0.29) is 5.97 Å². The van der Waals surface area contributed by atoms with Gasteiger partial charge in [-0.05, 0) is 48.3 Å². The van der Waals surface area contributed by atoms with E-state index in [2.05, 4.69) is 20.9 Å². The average molecular weight is 301 g/mol. The van der Waals surface area contributed by atoms with Crippen molar-refractivity contribution in [2.45, 2.75) is 32.6 Å². The highest BCUT2D eigenvalue weighted by Gasteiger charge is 2.36. The zero-order valence-electron chi connectivity index (χ0n) is 10.3. The van der Waals surface area contributed by atoms with Crippen molar-refractivity contribution in [3.05, 3.63) is 22.4 Å². The second-order valence-electron chi connectivity index (χ2n) is 3.98. The van der Waals surface area contributed by atoms with Crippen molar-refractivity contribution in [3.63, 3.8) is 0 Å². The molecule has 0 saturated carbocycles. The number of nitrogens with zero attached hydrogens (tertiary/aromatic N) is 1. The summed E-state index contributed by atoms with van der Waals surface area (Å²) in [6, 6.07) is 3.50. The van der Waals surface area contributed by atoms with Crippen LogP contribution in [0.4, 0.5) is 5.69 Å². The Morgan fingerprint density at radius 3 is 2.65 bits per heavy atom. The number of carbonyl (C=O) groups is 1. The molecule has 94 valence electrons. The SMILES string of the molecule is CCOC(=O)C(C)(CC)c1ccc(N)c(Br)n1. The summed E-state index contributed by atoms with van der Waals surface area (Å²) in [7, 11) is 0. The highest BCUT2D eigenvalue weighted by molar-refractivity contribution is 9.10. The van der Waals surface area contributed by atoms with Crippen molar-refractivity contribution < 1.29 is 9.53 Å². The van der Waals surface area contributed by atoms with Crippen LogP contribution < -0.4 is 5.73 Å². The molecule has 1 rings (SSSR count). The Balaban J connectivity index is 3.15. The lowest BCUT2D eigenvalue weighted by Gasteiger charge is -2.25. The number of esters is 1. The minimum Gasteiger partial charge on any atom is -0.465 e. The number of nitrogens with two attached hydrogens (primary N) is 1. The average Bonchev–Trinajstić information content (AvgIpc) is 2.32. The van der Waals surface area contributed by atoms with Gasteiger partial charge in [-0.25, -0.2) is 4.98 Å². The highest BCUT2D eigenvalue weighted by Crippen LogP contribution is 2.30. The summed E-state index contributed by atoms with van der Waals surface area (Å²) in [4.78, 5) is 16.3. The number of carbonyl (C=O) groups excluding carboxylic acids is 1. The Hall–Kier alpha value is -1.10. The Kier molecular flexibility index (Phi) is 4.51. The number of hydrogen-bond donors (Lipinski definition) is 1. The lowest BCUT2D eigenvalue weighted by molar-refractivity contribution is -0.149. The van der Waals surface area contributed by atoms with Crippen LogP contribution in [0.5, 0.6) is 0 Å². The van der Waals surface area contributed by atoms with Gasteiger partial charge in [0, 0.05) is 0 Å². The first-order chi connectivity index (χ1) is 7.95. The van der Waals surface area contributed by atoms with Crippen molar-refractivity contribution in [1.82, 2.24) is 4.98 Å². The molecule has 0 amide bonds. The van der Waals surface area contributed by atoms with Gasteiger partial charge in [-0.2, -0.15) is 0 Å². The van der Waals surface area contributed by atoms with Crippen LogP contribution >= 0.6 is 15.9 Å². The third-order valence-corrected chi connectivity index (χ3v) is 3.51. The predicted octanol–water partition coefficient (Wildman–Crippen LogP) is 2.66. The zero-order chi connectivity index (χ0) is 13.1. The Bertz CT molecular complexity index is 423. The first-order valence-corrected chi connectivity index (χ1v) is 6.34. The molecule has 17 heavy (non-hydrogen) atoms. The normalized spacial score (nSPS) is 14.1. The molecule has 0 aliphatic rings. The molecule has 2 N–H and O–H groups in total. The van der Waals surface area contributed by atoms with E-state index in [9.17, 15) is 4.79 Å². The molecular weight excluding hydrogens is 284 g/mol. The van der Waals surface area contributed by atoms with Gasteiger partial charge in [0.05, 0.1) is 18.0 Å². The van der Waals surface area contributed by atoms with E-state index in [1.807, 2.05) is 13.8 Å². The zero-order valence-corrected chi connectivity index (χ0v) is 11.9. The van der Waals surface area contributed by atoms with Gasteiger partial charge in [-0.3, -0.25) is 4.79 Å². The van der Waals surface area contributed by atoms with Crippen molar-refractivity contribution in [2.75, 3.05) is 12.3 Å². The largest absolute Gasteiger partial charge is 0.465 e. The Morgan fingerprint density at radius 1 is 1.53 bits per heavy atom. The van der Waals surface area contributed by atoms with Crippen LogP contribution in [-0.4, -0.2) is 17.6 Å². The second kappa shape index (κ2) is 5.49. The monoisotopic (exact) mass is 300 g/mol. The maximum atomic E-state index is 12.0. The van der Waals surface area contributed by atoms with E-state index in [1.54, 1.807) is 19.1 Å². The molecule has 0 fully saturated rings. The minimum atomic E-state index is -0.730. The molecule has 0 bridgehead atoms. The van der Waals surface area contributed by atoms with Gasteiger partial charge in [0.15, 0.2) is 0 Å². The molecule has 1 aromatic heterocycles. The minimum absolute atomic E-state index is 0.258. The van der Waals surface area contributed by atoms with Crippen LogP contribution in [0.3, 0.4) is 0 Å². The molecule has 0 aliphatic carbocycles. The maximum Gasteiger partial charge on any atom is 0.317 e. The molecule has 4 nitrogen and oxygen atoms in total. The van der Waals surface area contributed by atoms with E-state index in [1.165, 1.54) is 0 Å². The molecule has 1 heterocycles. The van der Waals surface area contributed by atoms with Gasteiger partial charge >= 0.3 is 5.97 Å². The number of halogens is 1. The summed E-state index contributed by atoms with van der Waals surface area (Å²) in [6.07, 6.45) is 0.620. The summed E-state index contributed by atoms with van der Waals surface area (Å²) < 4.78 is 5.65. The summed E-state index contributed by atoms with van der Waals surface area (Å²) in [5, 5.41) is 0. The smallest absolute Gasteiger partial charge is 0.317 e. The van der Waals surface area contributed by atoms with Gasteiger partial charge in [0.1, 0.15) is 10.0 Å². The number of nitrogen functional groups attached to an aromatic ring is 1. The fourth-order valence-corrected chi connectivity index (χ4v) is 1.80. The fraction of sp³-hybridized carbons (Fsp3) is 0.500. The number of hydrogen-bond acceptors (Lipinski definition) is 4. The summed E-state index contributed by atoms with van der Waals surface area (Å²) in [5.41, 5.74) is 6.17. The lowest BCUT2D eigenvalue weighted by atomic mass is 9.83. The number of pyridine rings is 1. The van der Waals surface area contributed by atoms with E-state index in [0.29, 0.717) is 29.0 Å². The first kappa shape index (κ1) is 14.0. The molecule has 1 aromatic rings. The maximum absolute atomic E-state index is 12.0. The van der Waals surface area contributed by atoms with Crippen LogP contribution in [0.15, 0.2) is 16.7 Å². The van der Waals surface area contributed by atoms with Crippen LogP contribution in [0.1, 0.15) is 32.9 Å². The summed E-state index contributed by atoms with van der Waals surface area (Å²) in [6.45, 7) is 5.92. The molecule has 0 aromatic carbocycles. The van der Waals surface area contributed by atoms with E-state index >= 15 is 0 Å². The van der Waals surface area contributed by atoms with Crippen LogP contribution in [0.25, 0.3) is 0 Å². The molecule has 0 radical (unpaired) electrons. The number of ether oxygens (including phenoxy) is 1. The van der Waals surface area contributed by atoms with Gasteiger partial charge in [-0.1, -0.05) is 6.92 Å². The summed E-state index contributed by atoms with van der Waals surface area (Å²) in [5.74, 6) is -0.258. The molecule has 1 atom stereocenters. The lowest BCUT2D eigenvalue weighted by Crippen LogP contribution is -2.34. The van der Waals surface area contributed by atoms with Crippen LogP contribution in [0.2, 0.25) is 0 Å². The van der Waals surface area contributed by atoms with Crippen LogP contribution in [0, 0.1) is 0 Å². The third kappa shape index (κ3) is 2.77. The molecule has 0 aliphatic heterocycles. The fourth-order valence-electron chi connectivity index (χ4n) is 1.47. The van der Waals surface area contributed by atoms with Crippen molar-refractivity contribution in [1.29, 1.82) is 0 Å². The quantitative estimate of drug-likeness (QED) is 0.686. The second-order valence-corrected chi connectivity index (χ2v) is 4.73. The molecule has 5 heteroatoms.